The van der Waals surface area contributed by atoms with Gasteiger partial charge in [-0.2, -0.15) is 0 Å². The number of thiophene rings is 1. The van der Waals surface area contributed by atoms with Crippen molar-refractivity contribution < 1.29 is 13.9 Å². The zero-order chi connectivity index (χ0) is 17.8. The first kappa shape index (κ1) is 18.1. The molecule has 2 aromatic rings. The van der Waals surface area contributed by atoms with Crippen molar-refractivity contribution in [2.45, 2.75) is 59.0 Å². The lowest BCUT2D eigenvalue weighted by Crippen LogP contribution is -2.40. The average Bonchev–Trinajstić information content (AvgIpc) is 3.16. The molecule has 6 heteroatoms. The Morgan fingerprint density at radius 1 is 1.40 bits per heavy atom. The Labute approximate surface area is 153 Å². The van der Waals surface area contributed by atoms with E-state index in [1.54, 1.807) is 11.3 Å². The Hall–Kier alpha value is -1.66. The van der Waals surface area contributed by atoms with Crippen LogP contribution in [0.15, 0.2) is 16.5 Å². The third kappa shape index (κ3) is 4.50. The predicted molar refractivity (Wildman–Crippen MR) is 98.6 cm³/mol. The number of carbonyl (C=O) groups excluding carboxylic acids is 1. The molecule has 0 radical (unpaired) electrons. The van der Waals surface area contributed by atoms with Crippen molar-refractivity contribution in [3.63, 3.8) is 0 Å². The molecule has 1 saturated heterocycles. The van der Waals surface area contributed by atoms with Crippen LogP contribution in [0.1, 0.15) is 48.9 Å². The number of rotatable bonds is 6. The Balaban J connectivity index is 1.71. The minimum atomic E-state index is -0.106. The molecule has 0 aliphatic carbocycles. The summed E-state index contributed by atoms with van der Waals surface area (Å²) >= 11 is 1.69. The second kappa shape index (κ2) is 8.15. The number of ether oxygens (including phenoxy) is 1. The van der Waals surface area contributed by atoms with E-state index in [9.17, 15) is 4.79 Å². The maximum absolute atomic E-state index is 11.9. The predicted octanol–water partition coefficient (Wildman–Crippen LogP) is 4.33. The molecule has 0 N–H and O–H groups in total. The molecule has 2 aromatic heterocycles. The summed E-state index contributed by atoms with van der Waals surface area (Å²) in [7, 11) is 0. The van der Waals surface area contributed by atoms with Gasteiger partial charge in [0.15, 0.2) is 0 Å². The number of nitrogens with zero attached hydrogens (tertiary/aromatic N) is 2. The lowest BCUT2D eigenvalue weighted by Gasteiger charge is -2.34. The molecule has 1 atom stereocenters. The number of carbonyl (C=O) groups is 1. The highest BCUT2D eigenvalue weighted by atomic mass is 32.1. The van der Waals surface area contributed by atoms with Crippen LogP contribution >= 0.6 is 11.3 Å². The van der Waals surface area contributed by atoms with Gasteiger partial charge in [-0.15, -0.1) is 11.3 Å². The van der Waals surface area contributed by atoms with Crippen molar-refractivity contribution in [1.82, 2.24) is 9.88 Å². The summed E-state index contributed by atoms with van der Waals surface area (Å²) < 4.78 is 11.0. The maximum atomic E-state index is 11.9. The normalized spacial score (nSPS) is 18.4. The molecule has 1 aliphatic rings. The summed E-state index contributed by atoms with van der Waals surface area (Å²) in [5.74, 6) is 1.46. The van der Waals surface area contributed by atoms with Gasteiger partial charge in [-0.25, -0.2) is 4.98 Å². The quantitative estimate of drug-likeness (QED) is 0.716. The van der Waals surface area contributed by atoms with E-state index >= 15 is 0 Å². The Bertz CT molecular complexity index is 722. The van der Waals surface area contributed by atoms with Crippen LogP contribution in [-0.2, 0) is 16.1 Å². The summed E-state index contributed by atoms with van der Waals surface area (Å²) in [4.78, 5) is 21.3. The van der Waals surface area contributed by atoms with E-state index in [-0.39, 0.29) is 12.0 Å². The minimum Gasteiger partial charge on any atom is -0.466 e. The van der Waals surface area contributed by atoms with E-state index in [0.29, 0.717) is 18.9 Å². The molecule has 0 aromatic carbocycles. The van der Waals surface area contributed by atoms with Crippen molar-refractivity contribution in [1.29, 1.82) is 0 Å². The summed E-state index contributed by atoms with van der Waals surface area (Å²) in [6.07, 6.45) is 3.82. The molecular formula is C19H26N2O3S. The summed E-state index contributed by atoms with van der Waals surface area (Å²) in [6.45, 7) is 8.06. The van der Waals surface area contributed by atoms with Crippen LogP contribution in [0.5, 0.6) is 0 Å². The molecule has 3 rings (SSSR count). The molecule has 136 valence electrons. The van der Waals surface area contributed by atoms with Gasteiger partial charge in [0.1, 0.15) is 5.76 Å². The van der Waals surface area contributed by atoms with E-state index in [4.69, 9.17) is 14.1 Å². The van der Waals surface area contributed by atoms with Crippen molar-refractivity contribution in [2.75, 3.05) is 13.2 Å². The first-order valence-corrected chi connectivity index (χ1v) is 9.81. The molecular weight excluding hydrogens is 336 g/mol. The van der Waals surface area contributed by atoms with Gasteiger partial charge >= 0.3 is 5.97 Å². The number of hydrogen-bond acceptors (Lipinski definition) is 6. The topological polar surface area (TPSA) is 55.6 Å². The standard InChI is InChI=1S/C19H26N2O3S/c1-4-23-18(22)11-15-7-5-6-10-21(15)12-16-14(3)24-19(20-16)17-9-8-13(2)25-17/h8-9,15H,4-7,10-12H2,1-3H3. The van der Waals surface area contributed by atoms with Crippen molar-refractivity contribution >= 4 is 17.3 Å². The van der Waals surface area contributed by atoms with Crippen LogP contribution in [0.3, 0.4) is 0 Å². The van der Waals surface area contributed by atoms with E-state index in [1.165, 1.54) is 4.88 Å². The fourth-order valence-corrected chi connectivity index (χ4v) is 4.13. The zero-order valence-electron chi connectivity index (χ0n) is 15.2. The second-order valence-corrected chi connectivity index (χ2v) is 7.85. The molecule has 0 saturated carbocycles. The van der Waals surface area contributed by atoms with Gasteiger partial charge < -0.3 is 9.15 Å². The average molecular weight is 362 g/mol. The van der Waals surface area contributed by atoms with Gasteiger partial charge in [-0.05, 0) is 52.3 Å². The number of piperidine rings is 1. The highest BCUT2D eigenvalue weighted by molar-refractivity contribution is 7.15. The maximum Gasteiger partial charge on any atom is 0.307 e. The van der Waals surface area contributed by atoms with Crippen LogP contribution < -0.4 is 0 Å². The van der Waals surface area contributed by atoms with Gasteiger partial charge in [0, 0.05) is 17.5 Å². The second-order valence-electron chi connectivity index (χ2n) is 6.56. The summed E-state index contributed by atoms with van der Waals surface area (Å²) in [6, 6.07) is 4.37. The fraction of sp³-hybridized carbons (Fsp3) is 0.579. The van der Waals surface area contributed by atoms with Crippen molar-refractivity contribution in [2.24, 2.45) is 0 Å². The van der Waals surface area contributed by atoms with Crippen molar-refractivity contribution in [3.8, 4) is 10.8 Å². The Morgan fingerprint density at radius 2 is 2.24 bits per heavy atom. The van der Waals surface area contributed by atoms with Crippen LogP contribution in [0.25, 0.3) is 10.8 Å². The molecule has 0 spiro atoms. The highest BCUT2D eigenvalue weighted by Crippen LogP contribution is 2.30. The number of aromatic nitrogens is 1. The molecule has 0 amide bonds. The smallest absolute Gasteiger partial charge is 0.307 e. The number of esters is 1. The van der Waals surface area contributed by atoms with Crippen LogP contribution in [0.4, 0.5) is 0 Å². The Kier molecular flexibility index (Phi) is 5.91. The zero-order valence-corrected chi connectivity index (χ0v) is 16.0. The van der Waals surface area contributed by atoms with Gasteiger partial charge in [0.05, 0.1) is 23.6 Å². The number of aryl methyl sites for hydroxylation is 2. The molecule has 3 heterocycles. The van der Waals surface area contributed by atoms with Gasteiger partial charge in [0.25, 0.3) is 0 Å². The summed E-state index contributed by atoms with van der Waals surface area (Å²) in [5.41, 5.74) is 0.969. The van der Waals surface area contributed by atoms with Gasteiger partial charge in [-0.1, -0.05) is 6.42 Å². The molecule has 1 unspecified atom stereocenters. The van der Waals surface area contributed by atoms with Gasteiger partial charge in [-0.3, -0.25) is 9.69 Å². The third-order valence-corrected chi connectivity index (χ3v) is 5.64. The van der Waals surface area contributed by atoms with Crippen LogP contribution in [0.2, 0.25) is 0 Å². The molecule has 5 nitrogen and oxygen atoms in total. The minimum absolute atomic E-state index is 0.106. The first-order valence-electron chi connectivity index (χ1n) is 8.99. The lowest BCUT2D eigenvalue weighted by atomic mass is 9.99. The monoisotopic (exact) mass is 362 g/mol. The molecule has 0 bridgehead atoms. The van der Waals surface area contributed by atoms with Crippen molar-refractivity contribution in [3.05, 3.63) is 28.5 Å². The molecule has 1 aliphatic heterocycles. The van der Waals surface area contributed by atoms with E-state index in [1.807, 2.05) is 13.8 Å². The largest absolute Gasteiger partial charge is 0.466 e. The number of likely N-dealkylation sites (tertiary alicyclic amines) is 1. The molecule has 25 heavy (non-hydrogen) atoms. The third-order valence-electron chi connectivity index (χ3n) is 4.65. The fourth-order valence-electron chi connectivity index (χ4n) is 3.33. The van der Waals surface area contributed by atoms with Gasteiger partial charge in [0.2, 0.25) is 5.89 Å². The Morgan fingerprint density at radius 3 is 2.96 bits per heavy atom. The van der Waals surface area contributed by atoms with Crippen LogP contribution in [-0.4, -0.2) is 35.0 Å². The molecule has 1 fully saturated rings. The highest BCUT2D eigenvalue weighted by Gasteiger charge is 2.27. The van der Waals surface area contributed by atoms with E-state index in [2.05, 4.69) is 24.0 Å². The summed E-state index contributed by atoms with van der Waals surface area (Å²) in [5, 5.41) is 0. The SMILES string of the molecule is CCOC(=O)CC1CCCCN1Cc1nc(-c2ccc(C)s2)oc1C. The van der Waals surface area contributed by atoms with Crippen LogP contribution in [0, 0.1) is 13.8 Å². The van der Waals surface area contributed by atoms with E-state index in [0.717, 1.165) is 48.7 Å². The van der Waals surface area contributed by atoms with E-state index < -0.39 is 0 Å². The number of oxazole rings is 1. The lowest BCUT2D eigenvalue weighted by molar-refractivity contribution is -0.145. The number of hydrogen-bond donors (Lipinski definition) is 0. The first-order chi connectivity index (χ1) is 12.1.